The summed E-state index contributed by atoms with van der Waals surface area (Å²) in [6, 6.07) is 2.92. The molecular weight excluding hydrogens is 267 g/mol. The van der Waals surface area contributed by atoms with Crippen LogP contribution in [0, 0.1) is 5.82 Å². The van der Waals surface area contributed by atoms with E-state index in [1.165, 1.54) is 6.07 Å². The summed E-state index contributed by atoms with van der Waals surface area (Å²) >= 11 is 2.98. The van der Waals surface area contributed by atoms with E-state index >= 15 is 0 Å². The van der Waals surface area contributed by atoms with Gasteiger partial charge in [-0.3, -0.25) is 0 Å². The van der Waals surface area contributed by atoms with Crippen LogP contribution in [0.15, 0.2) is 16.6 Å². The van der Waals surface area contributed by atoms with Crippen LogP contribution in [0.25, 0.3) is 0 Å². The molecule has 1 unspecified atom stereocenters. The zero-order valence-electron chi connectivity index (χ0n) is 8.00. The Balaban J connectivity index is 3.27. The van der Waals surface area contributed by atoms with E-state index in [1.807, 2.05) is 6.92 Å². The summed E-state index contributed by atoms with van der Waals surface area (Å²) in [7, 11) is 0. The fourth-order valence-corrected chi connectivity index (χ4v) is 1.73. The number of carboxylic acid groups (broad SMARTS) is 1. The third-order valence-corrected chi connectivity index (χ3v) is 2.63. The quantitative estimate of drug-likeness (QED) is 0.891. The van der Waals surface area contributed by atoms with Gasteiger partial charge in [-0.15, -0.1) is 0 Å². The number of hydrogen-bond donors (Lipinski definition) is 2. The van der Waals surface area contributed by atoms with Crippen molar-refractivity contribution >= 4 is 21.9 Å². The van der Waals surface area contributed by atoms with E-state index in [0.29, 0.717) is 6.42 Å². The number of aliphatic hydroxyl groups is 1. The predicted molar refractivity (Wildman–Crippen MR) is 56.1 cm³/mol. The molecular formula is C10H10BrFO3. The minimum atomic E-state index is -1.83. The summed E-state index contributed by atoms with van der Waals surface area (Å²) in [5.74, 6) is -2.20. The van der Waals surface area contributed by atoms with Gasteiger partial charge in [-0.25, -0.2) is 9.18 Å². The molecule has 1 rings (SSSR count). The highest BCUT2D eigenvalue weighted by atomic mass is 79.9. The van der Waals surface area contributed by atoms with E-state index in [4.69, 9.17) is 5.11 Å². The Kier molecular flexibility index (Phi) is 3.82. The molecule has 3 nitrogen and oxygen atoms in total. The first-order chi connectivity index (χ1) is 6.97. The summed E-state index contributed by atoms with van der Waals surface area (Å²) < 4.78 is 13.6. The van der Waals surface area contributed by atoms with Crippen molar-refractivity contribution in [1.82, 2.24) is 0 Å². The fraction of sp³-hybridized carbons (Fsp3) is 0.300. The number of carbonyl (C=O) groups is 1. The number of aliphatic carboxylic acids is 1. The lowest BCUT2D eigenvalue weighted by Crippen LogP contribution is -2.13. The van der Waals surface area contributed by atoms with Crippen LogP contribution < -0.4 is 0 Å². The first-order valence-corrected chi connectivity index (χ1v) is 5.15. The van der Waals surface area contributed by atoms with E-state index in [2.05, 4.69) is 15.9 Å². The van der Waals surface area contributed by atoms with Gasteiger partial charge in [0.1, 0.15) is 5.82 Å². The van der Waals surface area contributed by atoms with Crippen LogP contribution in [0.4, 0.5) is 4.39 Å². The molecule has 1 aromatic rings. The van der Waals surface area contributed by atoms with Crippen LogP contribution in [0.5, 0.6) is 0 Å². The summed E-state index contributed by atoms with van der Waals surface area (Å²) in [4.78, 5) is 10.5. The minimum Gasteiger partial charge on any atom is -0.479 e. The van der Waals surface area contributed by atoms with E-state index in [0.717, 1.165) is 5.56 Å². The summed E-state index contributed by atoms with van der Waals surface area (Å²) in [5.41, 5.74) is 0.548. The molecule has 0 aromatic heterocycles. The Bertz CT molecular complexity index is 392. The summed E-state index contributed by atoms with van der Waals surface area (Å²) in [6.45, 7) is 1.86. The Morgan fingerprint density at radius 3 is 2.67 bits per heavy atom. The van der Waals surface area contributed by atoms with Crippen LogP contribution in [0.2, 0.25) is 0 Å². The van der Waals surface area contributed by atoms with Gasteiger partial charge in [0.25, 0.3) is 0 Å². The van der Waals surface area contributed by atoms with Gasteiger partial charge in [-0.2, -0.15) is 0 Å². The number of rotatable bonds is 3. The number of aliphatic hydroxyl groups excluding tert-OH is 1. The molecule has 5 heteroatoms. The highest BCUT2D eigenvalue weighted by molar-refractivity contribution is 9.10. The van der Waals surface area contributed by atoms with E-state index in [-0.39, 0.29) is 10.0 Å². The summed E-state index contributed by atoms with van der Waals surface area (Å²) in [6.07, 6.45) is -1.19. The van der Waals surface area contributed by atoms with Crippen LogP contribution in [0.3, 0.4) is 0 Å². The second kappa shape index (κ2) is 4.72. The normalized spacial score (nSPS) is 12.5. The second-order valence-electron chi connectivity index (χ2n) is 3.08. The number of benzene rings is 1. The van der Waals surface area contributed by atoms with Gasteiger partial charge in [0.05, 0.1) is 4.47 Å². The predicted octanol–water partition coefficient (Wildman–Crippen LogP) is 2.27. The van der Waals surface area contributed by atoms with Crippen LogP contribution in [-0.2, 0) is 11.2 Å². The highest BCUT2D eigenvalue weighted by Crippen LogP contribution is 2.26. The molecule has 0 aliphatic carbocycles. The van der Waals surface area contributed by atoms with Gasteiger partial charge in [0.2, 0.25) is 0 Å². The number of halogens is 2. The van der Waals surface area contributed by atoms with Crippen LogP contribution in [-0.4, -0.2) is 16.2 Å². The van der Waals surface area contributed by atoms with E-state index < -0.39 is 17.9 Å². The molecule has 0 bridgehead atoms. The Morgan fingerprint density at radius 1 is 1.60 bits per heavy atom. The summed E-state index contributed by atoms with van der Waals surface area (Å²) in [5, 5.41) is 17.8. The zero-order chi connectivity index (χ0) is 11.6. The second-order valence-corrected chi connectivity index (χ2v) is 3.93. The smallest absolute Gasteiger partial charge is 0.337 e. The number of carboxylic acids is 1. The van der Waals surface area contributed by atoms with Gasteiger partial charge >= 0.3 is 5.97 Å². The van der Waals surface area contributed by atoms with E-state index in [1.54, 1.807) is 6.07 Å². The lowest BCUT2D eigenvalue weighted by atomic mass is 10.0. The highest BCUT2D eigenvalue weighted by Gasteiger charge is 2.22. The molecule has 0 heterocycles. The Labute approximate surface area is 94.7 Å². The molecule has 0 spiro atoms. The van der Waals surface area contributed by atoms with Crippen molar-refractivity contribution in [1.29, 1.82) is 0 Å². The minimum absolute atomic E-state index is 0.164. The van der Waals surface area contributed by atoms with Crippen molar-refractivity contribution in [3.8, 4) is 0 Å². The van der Waals surface area contributed by atoms with Crippen LogP contribution in [0.1, 0.15) is 24.2 Å². The van der Waals surface area contributed by atoms with Crippen molar-refractivity contribution in [2.75, 3.05) is 0 Å². The van der Waals surface area contributed by atoms with E-state index in [9.17, 15) is 14.3 Å². The maximum atomic E-state index is 13.5. The maximum Gasteiger partial charge on any atom is 0.337 e. The molecule has 0 saturated carbocycles. The largest absolute Gasteiger partial charge is 0.479 e. The van der Waals surface area contributed by atoms with Crippen molar-refractivity contribution in [3.63, 3.8) is 0 Å². The zero-order valence-corrected chi connectivity index (χ0v) is 9.58. The first-order valence-electron chi connectivity index (χ1n) is 4.36. The molecule has 0 aliphatic rings. The molecule has 0 fully saturated rings. The van der Waals surface area contributed by atoms with Gasteiger partial charge < -0.3 is 10.2 Å². The Hall–Kier alpha value is -0.940. The monoisotopic (exact) mass is 276 g/mol. The fourth-order valence-electron chi connectivity index (χ4n) is 1.20. The number of hydrogen-bond acceptors (Lipinski definition) is 2. The van der Waals surface area contributed by atoms with Crippen molar-refractivity contribution in [2.24, 2.45) is 0 Å². The molecule has 2 N–H and O–H groups in total. The molecule has 0 aliphatic heterocycles. The van der Waals surface area contributed by atoms with Gasteiger partial charge in [-0.05, 0) is 40.0 Å². The molecule has 1 aromatic carbocycles. The molecule has 0 saturated heterocycles. The topological polar surface area (TPSA) is 57.5 Å². The van der Waals surface area contributed by atoms with Gasteiger partial charge in [0, 0.05) is 5.56 Å². The van der Waals surface area contributed by atoms with Crippen molar-refractivity contribution in [3.05, 3.63) is 33.5 Å². The Morgan fingerprint density at radius 2 is 2.20 bits per heavy atom. The third-order valence-electron chi connectivity index (χ3n) is 2.05. The van der Waals surface area contributed by atoms with Crippen molar-refractivity contribution in [2.45, 2.75) is 19.4 Å². The average molecular weight is 277 g/mol. The molecule has 0 amide bonds. The van der Waals surface area contributed by atoms with Crippen LogP contribution >= 0.6 is 15.9 Å². The molecule has 0 radical (unpaired) electrons. The maximum absolute atomic E-state index is 13.5. The lowest BCUT2D eigenvalue weighted by Gasteiger charge is -2.10. The van der Waals surface area contributed by atoms with Gasteiger partial charge in [0.15, 0.2) is 6.10 Å². The molecule has 82 valence electrons. The van der Waals surface area contributed by atoms with Gasteiger partial charge in [-0.1, -0.05) is 6.92 Å². The lowest BCUT2D eigenvalue weighted by molar-refractivity contribution is -0.147. The SMILES string of the molecule is CCc1cc(Br)c(F)c(C(O)C(=O)O)c1. The van der Waals surface area contributed by atoms with Crippen molar-refractivity contribution < 1.29 is 19.4 Å². The molecule has 15 heavy (non-hydrogen) atoms. The third kappa shape index (κ3) is 2.54. The standard InChI is InChI=1S/C10H10BrFO3/c1-2-5-3-6(9(13)10(14)15)8(12)7(11)4-5/h3-4,9,13H,2H2,1H3,(H,14,15). The first kappa shape index (κ1) is 12.1. The number of aryl methyl sites for hydroxylation is 1. The molecule has 1 atom stereocenters. The average Bonchev–Trinajstić information content (AvgIpc) is 2.20.